The van der Waals surface area contributed by atoms with Crippen LogP contribution >= 0.6 is 11.3 Å². The van der Waals surface area contributed by atoms with Crippen LogP contribution < -0.4 is 10.5 Å². The lowest BCUT2D eigenvalue weighted by Crippen LogP contribution is -2.21. The maximum absolute atomic E-state index is 5.94. The predicted octanol–water partition coefficient (Wildman–Crippen LogP) is 3.31. The summed E-state index contributed by atoms with van der Waals surface area (Å²) in [7, 11) is 0. The van der Waals surface area contributed by atoms with Gasteiger partial charge < -0.3 is 10.5 Å². The van der Waals surface area contributed by atoms with Crippen LogP contribution in [-0.2, 0) is 13.0 Å². The van der Waals surface area contributed by atoms with Crippen LogP contribution in [0.25, 0.3) is 0 Å². The summed E-state index contributed by atoms with van der Waals surface area (Å²) in [5.41, 5.74) is 8.18. The molecule has 2 aromatic rings. The monoisotopic (exact) mass is 276 g/mol. The van der Waals surface area contributed by atoms with E-state index in [-0.39, 0.29) is 6.04 Å². The third kappa shape index (κ3) is 4.33. The molecule has 0 amide bonds. The molecule has 3 nitrogen and oxygen atoms in total. The minimum Gasteiger partial charge on any atom is -0.487 e. The summed E-state index contributed by atoms with van der Waals surface area (Å²) in [6.07, 6.45) is 1.92. The van der Waals surface area contributed by atoms with Crippen molar-refractivity contribution in [3.8, 4) is 5.75 Å². The molecule has 19 heavy (non-hydrogen) atoms. The van der Waals surface area contributed by atoms with Gasteiger partial charge in [-0.1, -0.05) is 19.1 Å². The fraction of sp³-hybridized carbons (Fsp3) is 0.400. The number of rotatable bonds is 6. The first-order valence-corrected chi connectivity index (χ1v) is 7.43. The smallest absolute Gasteiger partial charge is 0.131 e. The Labute approximate surface area is 118 Å². The number of hydrogen-bond donors (Lipinski definition) is 1. The van der Waals surface area contributed by atoms with Crippen LogP contribution in [0, 0.1) is 6.92 Å². The van der Waals surface area contributed by atoms with Crippen LogP contribution in [0.2, 0.25) is 0 Å². The lowest BCUT2D eigenvalue weighted by molar-refractivity contribution is 0.302. The normalized spacial score (nSPS) is 12.4. The van der Waals surface area contributed by atoms with Crippen LogP contribution in [0.3, 0.4) is 0 Å². The molecule has 1 unspecified atom stereocenters. The molecule has 0 aliphatic rings. The second kappa shape index (κ2) is 6.68. The SMILES string of the molecule is CCC(N)Cc1ccc(OCc2csc(C)n2)cc1. The molecule has 2 N–H and O–H groups in total. The van der Waals surface area contributed by atoms with Gasteiger partial charge in [0.25, 0.3) is 0 Å². The average Bonchev–Trinajstić information content (AvgIpc) is 2.83. The standard InChI is InChI=1S/C15H20N2OS/c1-3-13(16)8-12-4-6-15(7-5-12)18-9-14-10-19-11(2)17-14/h4-7,10,13H,3,8-9,16H2,1-2H3. The van der Waals surface area contributed by atoms with Gasteiger partial charge in [-0.15, -0.1) is 11.3 Å². The lowest BCUT2D eigenvalue weighted by Gasteiger charge is -2.09. The molecule has 2 rings (SSSR count). The molecule has 1 atom stereocenters. The van der Waals surface area contributed by atoms with Gasteiger partial charge in [0, 0.05) is 11.4 Å². The van der Waals surface area contributed by atoms with Crippen molar-refractivity contribution in [2.24, 2.45) is 5.73 Å². The molecule has 0 bridgehead atoms. The summed E-state index contributed by atoms with van der Waals surface area (Å²) in [5, 5.41) is 3.10. The maximum Gasteiger partial charge on any atom is 0.131 e. The highest BCUT2D eigenvalue weighted by Gasteiger charge is 2.03. The van der Waals surface area contributed by atoms with Gasteiger partial charge in [-0.05, 0) is 37.5 Å². The highest BCUT2D eigenvalue weighted by Crippen LogP contribution is 2.16. The zero-order valence-electron chi connectivity index (χ0n) is 11.4. The van der Waals surface area contributed by atoms with Crippen LogP contribution in [0.15, 0.2) is 29.6 Å². The van der Waals surface area contributed by atoms with Crippen molar-refractivity contribution in [3.63, 3.8) is 0 Å². The Morgan fingerprint density at radius 2 is 2.05 bits per heavy atom. The molecule has 102 valence electrons. The number of nitrogens with zero attached hydrogens (tertiary/aromatic N) is 1. The molecule has 0 saturated carbocycles. The Bertz CT molecular complexity index is 507. The van der Waals surface area contributed by atoms with E-state index >= 15 is 0 Å². The Hall–Kier alpha value is -1.39. The van der Waals surface area contributed by atoms with Crippen molar-refractivity contribution < 1.29 is 4.74 Å². The van der Waals surface area contributed by atoms with Gasteiger partial charge in [-0.2, -0.15) is 0 Å². The molecule has 1 heterocycles. The van der Waals surface area contributed by atoms with Gasteiger partial charge in [0.15, 0.2) is 0 Å². The van der Waals surface area contributed by atoms with E-state index in [0.29, 0.717) is 6.61 Å². The number of nitrogens with two attached hydrogens (primary N) is 1. The number of benzene rings is 1. The zero-order chi connectivity index (χ0) is 13.7. The summed E-state index contributed by atoms with van der Waals surface area (Å²) in [4.78, 5) is 4.37. The largest absolute Gasteiger partial charge is 0.487 e. The minimum absolute atomic E-state index is 0.241. The Morgan fingerprint density at radius 3 is 2.63 bits per heavy atom. The third-order valence-electron chi connectivity index (χ3n) is 3.00. The lowest BCUT2D eigenvalue weighted by atomic mass is 10.0. The summed E-state index contributed by atoms with van der Waals surface area (Å²) in [5.74, 6) is 0.875. The molecule has 1 aromatic heterocycles. The quantitative estimate of drug-likeness (QED) is 0.880. The third-order valence-corrected chi connectivity index (χ3v) is 3.82. The molecule has 0 radical (unpaired) electrons. The van der Waals surface area contributed by atoms with E-state index < -0.39 is 0 Å². The Kier molecular flexibility index (Phi) is 4.93. The van der Waals surface area contributed by atoms with Gasteiger partial charge >= 0.3 is 0 Å². The summed E-state index contributed by atoms with van der Waals surface area (Å²) >= 11 is 1.65. The van der Waals surface area contributed by atoms with Crippen molar-refractivity contribution in [1.82, 2.24) is 4.98 Å². The molecule has 0 aliphatic heterocycles. The highest BCUT2D eigenvalue weighted by atomic mass is 32.1. The summed E-state index contributed by atoms with van der Waals surface area (Å²) in [6.45, 7) is 4.63. The predicted molar refractivity (Wildman–Crippen MR) is 79.6 cm³/mol. The summed E-state index contributed by atoms with van der Waals surface area (Å²) < 4.78 is 5.70. The van der Waals surface area contributed by atoms with Crippen molar-refractivity contribution in [3.05, 3.63) is 45.9 Å². The van der Waals surface area contributed by atoms with Crippen LogP contribution in [0.5, 0.6) is 5.75 Å². The number of thiazole rings is 1. The molecule has 0 spiro atoms. The van der Waals surface area contributed by atoms with Gasteiger partial charge in [0.1, 0.15) is 12.4 Å². The van der Waals surface area contributed by atoms with Crippen LogP contribution in [-0.4, -0.2) is 11.0 Å². The second-order valence-corrected chi connectivity index (χ2v) is 5.73. The van der Waals surface area contributed by atoms with E-state index in [1.54, 1.807) is 11.3 Å². The Morgan fingerprint density at radius 1 is 1.32 bits per heavy atom. The maximum atomic E-state index is 5.94. The topological polar surface area (TPSA) is 48.1 Å². The fourth-order valence-electron chi connectivity index (χ4n) is 1.80. The van der Waals surface area contributed by atoms with Gasteiger partial charge in [-0.25, -0.2) is 4.98 Å². The van der Waals surface area contributed by atoms with E-state index in [2.05, 4.69) is 24.0 Å². The molecule has 0 fully saturated rings. The van der Waals surface area contributed by atoms with Crippen molar-refractivity contribution in [2.45, 2.75) is 39.3 Å². The van der Waals surface area contributed by atoms with E-state index in [1.165, 1.54) is 5.56 Å². The van der Waals surface area contributed by atoms with Crippen molar-refractivity contribution in [1.29, 1.82) is 0 Å². The average molecular weight is 276 g/mol. The molecular weight excluding hydrogens is 256 g/mol. The second-order valence-electron chi connectivity index (χ2n) is 4.66. The zero-order valence-corrected chi connectivity index (χ0v) is 12.2. The highest BCUT2D eigenvalue weighted by molar-refractivity contribution is 7.09. The molecule has 1 aromatic carbocycles. The van der Waals surface area contributed by atoms with E-state index in [0.717, 1.165) is 29.3 Å². The fourth-order valence-corrected chi connectivity index (χ4v) is 2.40. The van der Waals surface area contributed by atoms with Crippen molar-refractivity contribution >= 4 is 11.3 Å². The first-order chi connectivity index (χ1) is 9.17. The van der Waals surface area contributed by atoms with Gasteiger partial charge in [0.05, 0.1) is 10.7 Å². The molecule has 4 heteroatoms. The van der Waals surface area contributed by atoms with Gasteiger partial charge in [0.2, 0.25) is 0 Å². The van der Waals surface area contributed by atoms with E-state index in [1.807, 2.05) is 24.4 Å². The number of aromatic nitrogens is 1. The molecule has 0 aliphatic carbocycles. The number of hydrogen-bond acceptors (Lipinski definition) is 4. The van der Waals surface area contributed by atoms with Gasteiger partial charge in [-0.3, -0.25) is 0 Å². The minimum atomic E-state index is 0.241. The number of aryl methyl sites for hydroxylation is 1. The molecule has 0 saturated heterocycles. The van der Waals surface area contributed by atoms with E-state index in [4.69, 9.17) is 10.5 Å². The number of ether oxygens (including phenoxy) is 1. The van der Waals surface area contributed by atoms with Crippen LogP contribution in [0.1, 0.15) is 29.6 Å². The van der Waals surface area contributed by atoms with Crippen molar-refractivity contribution in [2.75, 3.05) is 0 Å². The summed E-state index contributed by atoms with van der Waals surface area (Å²) in [6, 6.07) is 8.40. The van der Waals surface area contributed by atoms with E-state index in [9.17, 15) is 0 Å². The van der Waals surface area contributed by atoms with Crippen LogP contribution in [0.4, 0.5) is 0 Å². The molecular formula is C15H20N2OS. The Balaban J connectivity index is 1.88. The first kappa shape index (κ1) is 14.0. The first-order valence-electron chi connectivity index (χ1n) is 6.55.